The first-order valence-electron chi connectivity index (χ1n) is 8.51. The lowest BCUT2D eigenvalue weighted by molar-refractivity contribution is -0.141. The van der Waals surface area contributed by atoms with Crippen LogP contribution in [0, 0.1) is 5.92 Å². The van der Waals surface area contributed by atoms with Gasteiger partial charge in [0.05, 0.1) is 0 Å². The van der Waals surface area contributed by atoms with Crippen LogP contribution in [-0.2, 0) is 14.4 Å². The molecule has 0 unspecified atom stereocenters. The van der Waals surface area contributed by atoms with Crippen molar-refractivity contribution < 1.29 is 14.4 Å². The number of hydrogen-bond donors (Lipinski definition) is 1. The van der Waals surface area contributed by atoms with Gasteiger partial charge in [0.2, 0.25) is 17.7 Å². The molecule has 1 N–H and O–H groups in total. The average Bonchev–Trinajstić information content (AvgIpc) is 2.88. The molecule has 1 aromatic rings. The second kappa shape index (κ2) is 7.03. The lowest BCUT2D eigenvalue weighted by Gasteiger charge is -2.32. The molecule has 0 spiro atoms. The molecule has 1 aromatic carbocycles. The predicted octanol–water partition coefficient (Wildman–Crippen LogP) is 2.01. The highest BCUT2D eigenvalue weighted by Gasteiger charge is 2.30. The molecule has 6 nitrogen and oxygen atoms in total. The number of carbonyl (C=O) groups excluding carboxylic acids is 3. The molecular formula is C18H23N3O3. The van der Waals surface area contributed by atoms with Crippen LogP contribution >= 0.6 is 0 Å². The summed E-state index contributed by atoms with van der Waals surface area (Å²) in [7, 11) is 0. The zero-order valence-electron chi connectivity index (χ0n) is 14.0. The fraction of sp³-hybridized carbons (Fsp3) is 0.500. The third-order valence-corrected chi connectivity index (χ3v) is 4.76. The number of likely N-dealkylation sites (tertiary alicyclic amines) is 1. The minimum absolute atomic E-state index is 0.204. The number of amides is 3. The number of nitrogens with one attached hydrogen (secondary N) is 1. The minimum atomic E-state index is -0.349. The minimum Gasteiger partial charge on any atom is -0.372 e. The maximum atomic E-state index is 12.0. The summed E-state index contributed by atoms with van der Waals surface area (Å²) in [4.78, 5) is 38.5. The molecule has 0 aliphatic carbocycles. The highest BCUT2D eigenvalue weighted by Crippen LogP contribution is 2.24. The van der Waals surface area contributed by atoms with Gasteiger partial charge in [-0.05, 0) is 43.0 Å². The Balaban J connectivity index is 1.55. The van der Waals surface area contributed by atoms with E-state index in [0.29, 0.717) is 5.69 Å². The predicted molar refractivity (Wildman–Crippen MR) is 91.6 cm³/mol. The van der Waals surface area contributed by atoms with Crippen LogP contribution in [0.15, 0.2) is 24.3 Å². The van der Waals surface area contributed by atoms with E-state index in [2.05, 4.69) is 17.1 Å². The number of hydrogen-bond acceptors (Lipinski definition) is 4. The molecule has 2 aliphatic heterocycles. The summed E-state index contributed by atoms with van der Waals surface area (Å²) in [5, 5.41) is 2.74. The second-order valence-corrected chi connectivity index (χ2v) is 6.64. The third kappa shape index (κ3) is 3.75. The standard InChI is InChI=1S/C18H23N3O3/c1-13-8-10-20(11-9-13)15-4-2-14(3-5-15)19-16(22)12-21-17(23)6-7-18(21)24/h2-5,13H,6-12H2,1H3,(H,19,22). The molecule has 0 radical (unpaired) electrons. The van der Waals surface area contributed by atoms with Gasteiger partial charge in [-0.1, -0.05) is 6.92 Å². The lowest BCUT2D eigenvalue weighted by atomic mass is 9.99. The SMILES string of the molecule is CC1CCN(c2ccc(NC(=O)CN3C(=O)CCC3=O)cc2)CC1. The fourth-order valence-electron chi connectivity index (χ4n) is 3.17. The molecule has 0 atom stereocenters. The van der Waals surface area contributed by atoms with Crippen LogP contribution in [0.3, 0.4) is 0 Å². The smallest absolute Gasteiger partial charge is 0.244 e. The summed E-state index contributed by atoms with van der Waals surface area (Å²) in [6.45, 7) is 4.20. The molecular weight excluding hydrogens is 306 g/mol. The van der Waals surface area contributed by atoms with Crippen LogP contribution in [0.1, 0.15) is 32.6 Å². The first kappa shape index (κ1) is 16.5. The lowest BCUT2D eigenvalue weighted by Crippen LogP contribution is -2.36. The van der Waals surface area contributed by atoms with Crippen molar-refractivity contribution in [3.63, 3.8) is 0 Å². The number of rotatable bonds is 4. The molecule has 2 aliphatic rings. The summed E-state index contributed by atoms with van der Waals surface area (Å²) >= 11 is 0. The zero-order chi connectivity index (χ0) is 17.1. The van der Waals surface area contributed by atoms with E-state index < -0.39 is 0 Å². The maximum absolute atomic E-state index is 12.0. The van der Waals surface area contributed by atoms with E-state index in [-0.39, 0.29) is 37.1 Å². The van der Waals surface area contributed by atoms with E-state index in [0.717, 1.165) is 29.6 Å². The Kier molecular flexibility index (Phi) is 4.83. The number of benzene rings is 1. The van der Waals surface area contributed by atoms with Crippen LogP contribution in [0.25, 0.3) is 0 Å². The van der Waals surface area contributed by atoms with E-state index >= 15 is 0 Å². The van der Waals surface area contributed by atoms with Gasteiger partial charge in [0, 0.05) is 37.3 Å². The molecule has 0 bridgehead atoms. The number of imide groups is 1. The van der Waals surface area contributed by atoms with E-state index in [9.17, 15) is 14.4 Å². The number of nitrogens with zero attached hydrogens (tertiary/aromatic N) is 2. The van der Waals surface area contributed by atoms with Crippen LogP contribution in [0.2, 0.25) is 0 Å². The Labute approximate surface area is 141 Å². The van der Waals surface area contributed by atoms with E-state index in [4.69, 9.17) is 0 Å². The monoisotopic (exact) mass is 329 g/mol. The van der Waals surface area contributed by atoms with Crippen molar-refractivity contribution in [2.45, 2.75) is 32.6 Å². The maximum Gasteiger partial charge on any atom is 0.244 e. The van der Waals surface area contributed by atoms with Crippen molar-refractivity contribution in [3.8, 4) is 0 Å². The van der Waals surface area contributed by atoms with Crippen molar-refractivity contribution in [2.75, 3.05) is 29.9 Å². The molecule has 0 aromatic heterocycles. The largest absolute Gasteiger partial charge is 0.372 e. The van der Waals surface area contributed by atoms with Crippen molar-refractivity contribution in [1.82, 2.24) is 4.90 Å². The highest BCUT2D eigenvalue weighted by atomic mass is 16.2. The Bertz CT molecular complexity index is 617. The van der Waals surface area contributed by atoms with Gasteiger partial charge < -0.3 is 10.2 Å². The molecule has 0 saturated carbocycles. The van der Waals surface area contributed by atoms with Crippen molar-refractivity contribution in [3.05, 3.63) is 24.3 Å². The van der Waals surface area contributed by atoms with E-state index in [1.165, 1.54) is 12.8 Å². The number of anilines is 2. The van der Waals surface area contributed by atoms with Crippen LogP contribution in [-0.4, -0.2) is 42.3 Å². The first-order valence-corrected chi connectivity index (χ1v) is 8.51. The molecule has 24 heavy (non-hydrogen) atoms. The summed E-state index contributed by atoms with van der Waals surface area (Å²) in [5.41, 5.74) is 1.83. The molecule has 2 saturated heterocycles. The molecule has 3 rings (SSSR count). The molecule has 3 amide bonds. The normalized spacial score (nSPS) is 19.0. The summed E-state index contributed by atoms with van der Waals surface area (Å²) in [6, 6.07) is 7.72. The van der Waals surface area contributed by atoms with E-state index in [1.807, 2.05) is 24.3 Å². The van der Waals surface area contributed by atoms with Crippen molar-refractivity contribution in [2.24, 2.45) is 5.92 Å². The average molecular weight is 329 g/mol. The van der Waals surface area contributed by atoms with Gasteiger partial charge in [-0.15, -0.1) is 0 Å². The summed E-state index contributed by atoms with van der Waals surface area (Å²) in [6.07, 6.45) is 2.82. The zero-order valence-corrected chi connectivity index (χ0v) is 14.0. The number of piperidine rings is 1. The Morgan fingerprint density at radius 1 is 1.08 bits per heavy atom. The number of carbonyl (C=O) groups is 3. The summed E-state index contributed by atoms with van der Waals surface area (Å²) < 4.78 is 0. The summed E-state index contributed by atoms with van der Waals surface area (Å²) in [5.74, 6) is -0.108. The van der Waals surface area contributed by atoms with E-state index in [1.54, 1.807) is 0 Å². The van der Waals surface area contributed by atoms with Gasteiger partial charge in [0.15, 0.2) is 0 Å². The van der Waals surface area contributed by atoms with Crippen molar-refractivity contribution >= 4 is 29.1 Å². The highest BCUT2D eigenvalue weighted by molar-refractivity contribution is 6.06. The molecule has 2 fully saturated rings. The Morgan fingerprint density at radius 3 is 2.25 bits per heavy atom. The Morgan fingerprint density at radius 2 is 1.67 bits per heavy atom. The van der Waals surface area contributed by atoms with Gasteiger partial charge in [-0.25, -0.2) is 0 Å². The topological polar surface area (TPSA) is 69.7 Å². The van der Waals surface area contributed by atoms with Gasteiger partial charge in [0.25, 0.3) is 0 Å². The van der Waals surface area contributed by atoms with Gasteiger partial charge >= 0.3 is 0 Å². The van der Waals surface area contributed by atoms with Crippen molar-refractivity contribution in [1.29, 1.82) is 0 Å². The van der Waals surface area contributed by atoms with Crippen LogP contribution in [0.4, 0.5) is 11.4 Å². The molecule has 2 heterocycles. The van der Waals surface area contributed by atoms with Gasteiger partial charge in [-0.2, -0.15) is 0 Å². The van der Waals surface area contributed by atoms with Crippen LogP contribution in [0.5, 0.6) is 0 Å². The van der Waals surface area contributed by atoms with Gasteiger partial charge in [0.1, 0.15) is 6.54 Å². The second-order valence-electron chi connectivity index (χ2n) is 6.64. The third-order valence-electron chi connectivity index (χ3n) is 4.76. The molecule has 6 heteroatoms. The Hall–Kier alpha value is -2.37. The van der Waals surface area contributed by atoms with Crippen LogP contribution < -0.4 is 10.2 Å². The fourth-order valence-corrected chi connectivity index (χ4v) is 3.17. The molecule has 128 valence electrons. The van der Waals surface area contributed by atoms with Gasteiger partial charge in [-0.3, -0.25) is 19.3 Å². The first-order chi connectivity index (χ1) is 11.5. The quantitative estimate of drug-likeness (QED) is 0.858.